The van der Waals surface area contributed by atoms with Gasteiger partial charge in [0, 0.05) is 26.4 Å². The summed E-state index contributed by atoms with van der Waals surface area (Å²) in [5, 5.41) is 0. The van der Waals surface area contributed by atoms with Crippen molar-refractivity contribution in [2.45, 2.75) is 117 Å². The molecule has 0 aliphatic carbocycles. The van der Waals surface area contributed by atoms with Crippen molar-refractivity contribution in [3.63, 3.8) is 0 Å². The Morgan fingerprint density at radius 1 is 0.423 bits per heavy atom. The predicted molar refractivity (Wildman–Crippen MR) is 109 cm³/mol. The Morgan fingerprint density at radius 2 is 0.692 bits per heavy atom. The Labute approximate surface area is 163 Å². The van der Waals surface area contributed by atoms with Crippen LogP contribution < -0.4 is 0 Å². The van der Waals surface area contributed by atoms with Crippen molar-refractivity contribution in [3.8, 4) is 0 Å². The third-order valence-corrected chi connectivity index (χ3v) is 4.34. The molecule has 0 fully saturated rings. The van der Waals surface area contributed by atoms with Crippen LogP contribution in [-0.2, 0) is 18.9 Å². The lowest BCUT2D eigenvalue weighted by molar-refractivity contribution is -0.154. The highest BCUT2D eigenvalue weighted by molar-refractivity contribution is 4.53. The van der Waals surface area contributed by atoms with Gasteiger partial charge in [0.15, 0.2) is 12.6 Å². The zero-order valence-corrected chi connectivity index (χ0v) is 18.1. The summed E-state index contributed by atoms with van der Waals surface area (Å²) in [4.78, 5) is 0. The molecule has 4 heteroatoms. The number of ether oxygens (including phenoxy) is 4. The molecule has 0 aliphatic rings. The normalized spacial score (nSPS) is 11.8. The van der Waals surface area contributed by atoms with E-state index >= 15 is 0 Å². The third kappa shape index (κ3) is 17.3. The van der Waals surface area contributed by atoms with Gasteiger partial charge >= 0.3 is 0 Å². The van der Waals surface area contributed by atoms with E-state index in [0.717, 1.165) is 103 Å². The molecule has 158 valence electrons. The van der Waals surface area contributed by atoms with Crippen molar-refractivity contribution < 1.29 is 18.9 Å². The molecule has 0 unspecified atom stereocenters. The minimum atomic E-state index is -0.0476. The molecule has 0 rings (SSSR count). The average molecular weight is 375 g/mol. The Morgan fingerprint density at radius 3 is 0.923 bits per heavy atom. The van der Waals surface area contributed by atoms with E-state index in [1.54, 1.807) is 0 Å². The highest BCUT2D eigenvalue weighted by Crippen LogP contribution is 2.14. The van der Waals surface area contributed by atoms with Gasteiger partial charge in [0.2, 0.25) is 0 Å². The quantitative estimate of drug-likeness (QED) is 0.170. The minimum Gasteiger partial charge on any atom is -0.353 e. The van der Waals surface area contributed by atoms with Gasteiger partial charge in [-0.2, -0.15) is 0 Å². The van der Waals surface area contributed by atoms with Crippen LogP contribution in [0, 0.1) is 0 Å². The topological polar surface area (TPSA) is 36.9 Å². The van der Waals surface area contributed by atoms with E-state index in [2.05, 4.69) is 27.7 Å². The van der Waals surface area contributed by atoms with Crippen LogP contribution >= 0.6 is 0 Å². The molecular weight excluding hydrogens is 328 g/mol. The van der Waals surface area contributed by atoms with Crippen LogP contribution in [0.25, 0.3) is 0 Å². The summed E-state index contributed by atoms with van der Waals surface area (Å²) < 4.78 is 23.6. The first-order chi connectivity index (χ1) is 12.8. The van der Waals surface area contributed by atoms with Gasteiger partial charge in [0.25, 0.3) is 0 Å². The lowest BCUT2D eigenvalue weighted by Gasteiger charge is -2.20. The maximum absolute atomic E-state index is 5.91. The van der Waals surface area contributed by atoms with Crippen LogP contribution in [0.2, 0.25) is 0 Å². The first-order valence-electron chi connectivity index (χ1n) is 11.2. The molecule has 0 spiro atoms. The van der Waals surface area contributed by atoms with Crippen molar-refractivity contribution in [2.75, 3.05) is 26.4 Å². The number of unbranched alkanes of at least 4 members (excludes halogenated alkanes) is 5. The smallest absolute Gasteiger partial charge is 0.157 e. The minimum absolute atomic E-state index is 0.0476. The summed E-state index contributed by atoms with van der Waals surface area (Å²) in [6, 6.07) is 0. The molecule has 0 aliphatic heterocycles. The van der Waals surface area contributed by atoms with Crippen LogP contribution in [0.1, 0.15) is 105 Å². The van der Waals surface area contributed by atoms with E-state index in [-0.39, 0.29) is 12.6 Å². The second-order valence-corrected chi connectivity index (χ2v) is 7.04. The van der Waals surface area contributed by atoms with E-state index in [1.165, 1.54) is 0 Å². The van der Waals surface area contributed by atoms with Crippen molar-refractivity contribution in [1.29, 1.82) is 0 Å². The fourth-order valence-electron chi connectivity index (χ4n) is 2.49. The van der Waals surface area contributed by atoms with Gasteiger partial charge in [-0.05, 0) is 51.4 Å². The molecule has 4 nitrogen and oxygen atoms in total. The Kier molecular flexibility index (Phi) is 21.0. The molecule has 0 aromatic heterocycles. The second-order valence-electron chi connectivity index (χ2n) is 7.04. The molecule has 0 bridgehead atoms. The van der Waals surface area contributed by atoms with Crippen LogP contribution in [0.15, 0.2) is 0 Å². The fourth-order valence-corrected chi connectivity index (χ4v) is 2.49. The van der Waals surface area contributed by atoms with Gasteiger partial charge in [-0.1, -0.05) is 53.4 Å². The first-order valence-corrected chi connectivity index (χ1v) is 11.2. The molecule has 0 radical (unpaired) electrons. The Hall–Kier alpha value is -0.160. The summed E-state index contributed by atoms with van der Waals surface area (Å²) >= 11 is 0. The molecule has 0 aromatic carbocycles. The van der Waals surface area contributed by atoms with Gasteiger partial charge in [0.05, 0.1) is 0 Å². The summed E-state index contributed by atoms with van der Waals surface area (Å²) in [5.41, 5.74) is 0. The molecule has 0 aromatic rings. The molecule has 0 saturated carbocycles. The van der Waals surface area contributed by atoms with E-state index in [0.29, 0.717) is 0 Å². The Bertz CT molecular complexity index is 215. The average Bonchev–Trinajstić information content (AvgIpc) is 2.64. The molecule has 0 heterocycles. The van der Waals surface area contributed by atoms with Gasteiger partial charge in [-0.15, -0.1) is 0 Å². The molecule has 26 heavy (non-hydrogen) atoms. The second kappa shape index (κ2) is 21.1. The Balaban J connectivity index is 4.04. The summed E-state index contributed by atoms with van der Waals surface area (Å²) in [6.45, 7) is 12.0. The summed E-state index contributed by atoms with van der Waals surface area (Å²) in [5.74, 6) is 0. The molecule has 0 atom stereocenters. The van der Waals surface area contributed by atoms with Crippen molar-refractivity contribution in [3.05, 3.63) is 0 Å². The highest BCUT2D eigenvalue weighted by Gasteiger charge is 2.12. The van der Waals surface area contributed by atoms with Crippen LogP contribution in [0.5, 0.6) is 0 Å². The van der Waals surface area contributed by atoms with E-state index < -0.39 is 0 Å². The molecule has 0 amide bonds. The standard InChI is InChI=1S/C22H46O4/c1-5-9-17-23-21(24-18-10-6-2)15-13-14-16-22(25-19-11-7-3)26-20-12-8-4/h21-22H,5-20H2,1-4H3. The molecule has 0 N–H and O–H groups in total. The number of hydrogen-bond donors (Lipinski definition) is 0. The SMILES string of the molecule is CCCCOC(CCCCC(OCCCC)OCCCC)OCCCC. The van der Waals surface area contributed by atoms with Crippen LogP contribution in [0.4, 0.5) is 0 Å². The first kappa shape index (κ1) is 25.8. The van der Waals surface area contributed by atoms with Gasteiger partial charge in [-0.3, -0.25) is 0 Å². The zero-order valence-electron chi connectivity index (χ0n) is 18.1. The summed E-state index contributed by atoms with van der Waals surface area (Å²) in [7, 11) is 0. The van der Waals surface area contributed by atoms with Gasteiger partial charge in [0.1, 0.15) is 0 Å². The van der Waals surface area contributed by atoms with Gasteiger partial charge in [-0.25, -0.2) is 0 Å². The van der Waals surface area contributed by atoms with E-state index in [1.807, 2.05) is 0 Å². The largest absolute Gasteiger partial charge is 0.353 e. The van der Waals surface area contributed by atoms with Gasteiger partial charge < -0.3 is 18.9 Å². The molecule has 0 saturated heterocycles. The predicted octanol–water partition coefficient (Wildman–Crippen LogP) is 6.47. The zero-order chi connectivity index (χ0) is 19.3. The lowest BCUT2D eigenvalue weighted by Crippen LogP contribution is -2.20. The monoisotopic (exact) mass is 374 g/mol. The number of rotatable bonds is 21. The van der Waals surface area contributed by atoms with Crippen molar-refractivity contribution >= 4 is 0 Å². The van der Waals surface area contributed by atoms with E-state index in [9.17, 15) is 0 Å². The highest BCUT2D eigenvalue weighted by atomic mass is 16.7. The lowest BCUT2D eigenvalue weighted by atomic mass is 10.2. The molecular formula is C22H46O4. The third-order valence-electron chi connectivity index (χ3n) is 4.34. The maximum Gasteiger partial charge on any atom is 0.157 e. The number of hydrogen-bond acceptors (Lipinski definition) is 4. The van der Waals surface area contributed by atoms with Crippen LogP contribution in [0.3, 0.4) is 0 Å². The summed E-state index contributed by atoms with van der Waals surface area (Å²) in [6.07, 6.45) is 13.1. The van der Waals surface area contributed by atoms with Crippen LogP contribution in [-0.4, -0.2) is 39.0 Å². The van der Waals surface area contributed by atoms with E-state index in [4.69, 9.17) is 18.9 Å². The van der Waals surface area contributed by atoms with Crippen molar-refractivity contribution in [2.24, 2.45) is 0 Å². The van der Waals surface area contributed by atoms with Crippen molar-refractivity contribution in [1.82, 2.24) is 0 Å². The fraction of sp³-hybridized carbons (Fsp3) is 1.00. The maximum atomic E-state index is 5.91.